The first-order valence-electron chi connectivity index (χ1n) is 10.2. The van der Waals surface area contributed by atoms with Gasteiger partial charge in [-0.3, -0.25) is 14.0 Å². The van der Waals surface area contributed by atoms with Gasteiger partial charge in [-0.2, -0.15) is 0 Å². The van der Waals surface area contributed by atoms with Gasteiger partial charge < -0.3 is 10.1 Å². The SMILES string of the molecule is CN(c1ccc(OCCN2CCC3(CC2)C(=O)Nc2ccc(Cl)cc23)cc1)S(C)(=O)=O. The van der Waals surface area contributed by atoms with E-state index in [2.05, 4.69) is 10.2 Å². The molecule has 0 radical (unpaired) electrons. The van der Waals surface area contributed by atoms with Crippen LogP contribution in [0.1, 0.15) is 18.4 Å². The molecule has 1 N–H and O–H groups in total. The molecule has 9 heteroatoms. The molecule has 4 rings (SSSR count). The van der Waals surface area contributed by atoms with Crippen LogP contribution >= 0.6 is 11.6 Å². The van der Waals surface area contributed by atoms with E-state index in [1.807, 2.05) is 12.1 Å². The lowest BCUT2D eigenvalue weighted by atomic mass is 9.73. The van der Waals surface area contributed by atoms with Crippen LogP contribution in [-0.2, 0) is 20.2 Å². The van der Waals surface area contributed by atoms with Crippen LogP contribution in [-0.4, -0.2) is 58.8 Å². The Labute approximate surface area is 188 Å². The molecule has 2 aromatic rings. The van der Waals surface area contributed by atoms with Crippen LogP contribution in [0.25, 0.3) is 0 Å². The smallest absolute Gasteiger partial charge is 0.235 e. The normalized spacial score (nSPS) is 18.0. The number of hydrogen-bond donors (Lipinski definition) is 1. The Hall–Kier alpha value is -2.29. The molecule has 166 valence electrons. The lowest BCUT2D eigenvalue weighted by Gasteiger charge is -2.38. The molecule has 1 saturated heterocycles. The van der Waals surface area contributed by atoms with Gasteiger partial charge in [0.15, 0.2) is 0 Å². The van der Waals surface area contributed by atoms with Gasteiger partial charge in [-0.1, -0.05) is 11.6 Å². The van der Waals surface area contributed by atoms with E-state index in [9.17, 15) is 13.2 Å². The van der Waals surface area contributed by atoms with Crippen molar-refractivity contribution in [2.24, 2.45) is 0 Å². The van der Waals surface area contributed by atoms with Crippen molar-refractivity contribution in [3.8, 4) is 5.75 Å². The number of hydrogen-bond acceptors (Lipinski definition) is 5. The van der Waals surface area contributed by atoms with Crippen molar-refractivity contribution in [1.82, 2.24) is 4.90 Å². The van der Waals surface area contributed by atoms with Crippen LogP contribution in [0.2, 0.25) is 5.02 Å². The highest BCUT2D eigenvalue weighted by molar-refractivity contribution is 7.92. The Morgan fingerprint density at radius 1 is 1.16 bits per heavy atom. The van der Waals surface area contributed by atoms with Gasteiger partial charge in [0.25, 0.3) is 0 Å². The molecule has 0 atom stereocenters. The summed E-state index contributed by atoms with van der Waals surface area (Å²) in [6.07, 6.45) is 2.67. The van der Waals surface area contributed by atoms with Crippen molar-refractivity contribution in [3.05, 3.63) is 53.1 Å². The molecule has 2 aliphatic heterocycles. The van der Waals surface area contributed by atoms with E-state index < -0.39 is 15.4 Å². The lowest BCUT2D eigenvalue weighted by molar-refractivity contribution is -0.122. The Balaban J connectivity index is 1.30. The van der Waals surface area contributed by atoms with Crippen LogP contribution in [0.5, 0.6) is 5.75 Å². The van der Waals surface area contributed by atoms with Crippen LogP contribution < -0.4 is 14.4 Å². The molecule has 1 spiro atoms. The number of halogens is 1. The summed E-state index contributed by atoms with van der Waals surface area (Å²) in [5.74, 6) is 0.762. The highest BCUT2D eigenvalue weighted by Gasteiger charge is 2.48. The minimum Gasteiger partial charge on any atom is -0.492 e. The summed E-state index contributed by atoms with van der Waals surface area (Å²) in [5.41, 5.74) is 1.99. The molecule has 0 unspecified atom stereocenters. The Morgan fingerprint density at radius 2 is 1.84 bits per heavy atom. The second-order valence-corrected chi connectivity index (χ2v) is 10.6. The van der Waals surface area contributed by atoms with Gasteiger partial charge in [-0.25, -0.2) is 8.42 Å². The van der Waals surface area contributed by atoms with E-state index in [1.165, 1.54) is 17.6 Å². The van der Waals surface area contributed by atoms with Crippen molar-refractivity contribution < 1.29 is 17.9 Å². The first-order valence-corrected chi connectivity index (χ1v) is 12.4. The third-order valence-electron chi connectivity index (χ3n) is 6.26. The molecular formula is C22H26ClN3O4S. The number of sulfonamides is 1. The number of likely N-dealkylation sites (tertiary alicyclic amines) is 1. The monoisotopic (exact) mass is 463 g/mol. The van der Waals surface area contributed by atoms with Gasteiger partial charge in [0.05, 0.1) is 17.4 Å². The fourth-order valence-corrected chi connectivity index (χ4v) is 4.95. The third-order valence-corrected chi connectivity index (χ3v) is 7.70. The summed E-state index contributed by atoms with van der Waals surface area (Å²) in [7, 11) is -1.77. The number of carbonyl (C=O) groups excluding carboxylic acids is 1. The van der Waals surface area contributed by atoms with Crippen LogP contribution in [0.3, 0.4) is 0 Å². The average Bonchev–Trinajstić information content (AvgIpc) is 3.00. The number of nitrogens with one attached hydrogen (secondary N) is 1. The van der Waals surface area contributed by atoms with Crippen molar-refractivity contribution in [1.29, 1.82) is 0 Å². The number of fused-ring (bicyclic) bond motifs is 2. The molecule has 31 heavy (non-hydrogen) atoms. The van der Waals surface area contributed by atoms with Gasteiger partial charge in [0.2, 0.25) is 15.9 Å². The summed E-state index contributed by atoms with van der Waals surface area (Å²) in [6, 6.07) is 12.6. The maximum absolute atomic E-state index is 12.7. The molecule has 2 heterocycles. The molecule has 0 aromatic heterocycles. The molecule has 0 saturated carbocycles. The zero-order valence-electron chi connectivity index (χ0n) is 17.6. The van der Waals surface area contributed by atoms with Crippen molar-refractivity contribution >= 4 is 38.9 Å². The highest BCUT2D eigenvalue weighted by atomic mass is 35.5. The van der Waals surface area contributed by atoms with Crippen molar-refractivity contribution in [3.63, 3.8) is 0 Å². The molecule has 2 aliphatic rings. The summed E-state index contributed by atoms with van der Waals surface area (Å²) >= 11 is 6.18. The van der Waals surface area contributed by atoms with Crippen molar-refractivity contribution in [2.45, 2.75) is 18.3 Å². The predicted molar refractivity (Wildman–Crippen MR) is 123 cm³/mol. The number of nitrogens with zero attached hydrogens (tertiary/aromatic N) is 2. The number of anilines is 2. The maximum atomic E-state index is 12.7. The second-order valence-electron chi connectivity index (χ2n) is 8.14. The van der Waals surface area contributed by atoms with E-state index in [-0.39, 0.29) is 5.91 Å². The minimum atomic E-state index is -3.28. The summed E-state index contributed by atoms with van der Waals surface area (Å²) in [6.45, 7) is 2.88. The Morgan fingerprint density at radius 3 is 2.48 bits per heavy atom. The second kappa shape index (κ2) is 8.33. The first-order chi connectivity index (χ1) is 14.7. The van der Waals surface area contributed by atoms with E-state index in [1.54, 1.807) is 30.3 Å². The summed E-state index contributed by atoms with van der Waals surface area (Å²) < 4.78 is 30.3. The van der Waals surface area contributed by atoms with Crippen LogP contribution in [0.4, 0.5) is 11.4 Å². The van der Waals surface area contributed by atoms with E-state index in [4.69, 9.17) is 16.3 Å². The topological polar surface area (TPSA) is 79.0 Å². The first kappa shape index (κ1) is 21.9. The van der Waals surface area contributed by atoms with Gasteiger partial charge in [-0.15, -0.1) is 0 Å². The number of rotatable bonds is 6. The number of ether oxygens (including phenoxy) is 1. The Kier molecular flexibility index (Phi) is 5.89. The molecule has 7 nitrogen and oxygen atoms in total. The molecular weight excluding hydrogens is 438 g/mol. The third kappa shape index (κ3) is 4.37. The minimum absolute atomic E-state index is 0.0693. The average molecular weight is 464 g/mol. The van der Waals surface area contributed by atoms with Gasteiger partial charge in [-0.05, 0) is 74.0 Å². The van der Waals surface area contributed by atoms with Crippen molar-refractivity contribution in [2.75, 3.05) is 49.2 Å². The maximum Gasteiger partial charge on any atom is 0.235 e. The molecule has 1 fully saturated rings. The highest BCUT2D eigenvalue weighted by Crippen LogP contribution is 2.45. The van der Waals surface area contributed by atoms with Crippen LogP contribution in [0.15, 0.2) is 42.5 Å². The molecule has 0 bridgehead atoms. The molecule has 0 aliphatic carbocycles. The van der Waals surface area contributed by atoms with Gasteiger partial charge in [0, 0.05) is 24.3 Å². The van der Waals surface area contributed by atoms with E-state index in [0.717, 1.165) is 43.7 Å². The van der Waals surface area contributed by atoms with Crippen LogP contribution in [0, 0.1) is 0 Å². The fraction of sp³-hybridized carbons (Fsp3) is 0.409. The largest absolute Gasteiger partial charge is 0.492 e. The van der Waals surface area contributed by atoms with E-state index in [0.29, 0.717) is 23.1 Å². The molecule has 1 amide bonds. The lowest BCUT2D eigenvalue weighted by Crippen LogP contribution is -2.47. The predicted octanol–water partition coefficient (Wildman–Crippen LogP) is 3.10. The zero-order valence-corrected chi connectivity index (χ0v) is 19.2. The number of piperidine rings is 1. The number of benzene rings is 2. The number of amides is 1. The fourth-order valence-electron chi connectivity index (χ4n) is 4.28. The van der Waals surface area contributed by atoms with E-state index >= 15 is 0 Å². The zero-order chi connectivity index (χ0) is 22.2. The van der Waals surface area contributed by atoms with Gasteiger partial charge in [0.1, 0.15) is 12.4 Å². The Bertz CT molecular complexity index is 1080. The summed E-state index contributed by atoms with van der Waals surface area (Å²) in [4.78, 5) is 15.0. The van der Waals surface area contributed by atoms with Gasteiger partial charge >= 0.3 is 0 Å². The summed E-state index contributed by atoms with van der Waals surface area (Å²) in [5, 5.41) is 3.66. The molecule has 2 aromatic carbocycles. The number of carbonyl (C=O) groups is 1. The standard InChI is InChI=1S/C22H26ClN3O4S/c1-25(31(2,28)29)17-4-6-18(7-5-17)30-14-13-26-11-9-22(10-12-26)19-15-16(23)3-8-20(19)24-21(22)27/h3-8,15H,9-14H2,1-2H3,(H,24,27). The quantitative estimate of drug-likeness (QED) is 0.712.